The summed E-state index contributed by atoms with van der Waals surface area (Å²) >= 11 is 0. The molecule has 0 radical (unpaired) electrons. The molecule has 23 heavy (non-hydrogen) atoms. The third-order valence-corrected chi connectivity index (χ3v) is 5.06. The largest absolute Gasteiger partial charge is 0.298 e. The topological polar surface area (TPSA) is 19.4 Å². The number of rotatable bonds is 4. The molecular formula is C19H22FN3. The van der Waals surface area contributed by atoms with E-state index in [0.717, 1.165) is 43.6 Å². The zero-order valence-corrected chi connectivity index (χ0v) is 13.2. The van der Waals surface area contributed by atoms with Crippen molar-refractivity contribution in [3.63, 3.8) is 0 Å². The molecule has 1 aromatic carbocycles. The van der Waals surface area contributed by atoms with Gasteiger partial charge < -0.3 is 0 Å². The van der Waals surface area contributed by atoms with E-state index in [2.05, 4.69) is 20.9 Å². The molecule has 2 saturated heterocycles. The third kappa shape index (κ3) is 3.43. The summed E-state index contributed by atoms with van der Waals surface area (Å²) in [6, 6.07) is 11.1. The Morgan fingerprint density at radius 3 is 2.17 bits per heavy atom. The number of pyridine rings is 1. The van der Waals surface area contributed by atoms with Gasteiger partial charge in [-0.2, -0.15) is 0 Å². The lowest BCUT2D eigenvalue weighted by Gasteiger charge is -2.21. The lowest BCUT2D eigenvalue weighted by molar-refractivity contribution is 0.246. The van der Waals surface area contributed by atoms with Crippen LogP contribution < -0.4 is 0 Å². The van der Waals surface area contributed by atoms with E-state index in [1.807, 2.05) is 24.5 Å². The minimum atomic E-state index is -0.135. The third-order valence-electron chi connectivity index (χ3n) is 5.06. The number of hydrogen-bond acceptors (Lipinski definition) is 3. The highest BCUT2D eigenvalue weighted by atomic mass is 19.1. The SMILES string of the molecule is Fc1cccc(CN2C[C@H]3CN(Cc4cccnc4)C[C@@H]3C2)c1. The van der Waals surface area contributed by atoms with Crippen LogP contribution in [0.3, 0.4) is 0 Å². The lowest BCUT2D eigenvalue weighted by Crippen LogP contribution is -2.28. The Bertz CT molecular complexity index is 647. The molecule has 0 saturated carbocycles. The van der Waals surface area contributed by atoms with Crippen LogP contribution in [0.25, 0.3) is 0 Å². The van der Waals surface area contributed by atoms with Crippen molar-refractivity contribution in [2.45, 2.75) is 13.1 Å². The van der Waals surface area contributed by atoms with E-state index >= 15 is 0 Å². The molecule has 1 aromatic heterocycles. The van der Waals surface area contributed by atoms with Gasteiger partial charge in [0.2, 0.25) is 0 Å². The second-order valence-corrected chi connectivity index (χ2v) is 6.90. The highest BCUT2D eigenvalue weighted by molar-refractivity contribution is 5.16. The molecular weight excluding hydrogens is 289 g/mol. The van der Waals surface area contributed by atoms with Crippen LogP contribution in [0.15, 0.2) is 48.8 Å². The summed E-state index contributed by atoms with van der Waals surface area (Å²) in [5.41, 5.74) is 2.38. The van der Waals surface area contributed by atoms with E-state index in [0.29, 0.717) is 0 Å². The highest BCUT2D eigenvalue weighted by Gasteiger charge is 2.39. The van der Waals surface area contributed by atoms with Gasteiger partial charge in [-0.3, -0.25) is 14.8 Å². The van der Waals surface area contributed by atoms with Crippen LogP contribution >= 0.6 is 0 Å². The van der Waals surface area contributed by atoms with Gasteiger partial charge in [0.25, 0.3) is 0 Å². The standard InChI is InChI=1S/C19H22FN3/c20-19-5-1-3-15(7-19)9-22-11-17-13-23(14-18(17)12-22)10-16-4-2-6-21-8-16/h1-8,17-18H,9-14H2/t17-,18-/m0/s1. The molecule has 3 heterocycles. The van der Waals surface area contributed by atoms with Crippen LogP contribution in [0.1, 0.15) is 11.1 Å². The van der Waals surface area contributed by atoms with Crippen LogP contribution in [0, 0.1) is 17.7 Å². The van der Waals surface area contributed by atoms with Gasteiger partial charge in [-0.25, -0.2) is 4.39 Å². The summed E-state index contributed by atoms with van der Waals surface area (Å²) < 4.78 is 13.3. The second-order valence-electron chi connectivity index (χ2n) is 6.90. The summed E-state index contributed by atoms with van der Waals surface area (Å²) in [5, 5.41) is 0. The Morgan fingerprint density at radius 1 is 0.913 bits per heavy atom. The summed E-state index contributed by atoms with van der Waals surface area (Å²) in [7, 11) is 0. The molecule has 0 bridgehead atoms. The smallest absolute Gasteiger partial charge is 0.123 e. The normalized spacial score (nSPS) is 24.9. The van der Waals surface area contributed by atoms with Crippen molar-refractivity contribution in [2.75, 3.05) is 26.2 Å². The number of nitrogens with zero attached hydrogens (tertiary/aromatic N) is 3. The van der Waals surface area contributed by atoms with Crippen LogP contribution in [0.2, 0.25) is 0 Å². The fourth-order valence-corrected chi connectivity index (χ4v) is 4.09. The van der Waals surface area contributed by atoms with E-state index < -0.39 is 0 Å². The van der Waals surface area contributed by atoms with Crippen molar-refractivity contribution in [1.29, 1.82) is 0 Å². The Labute approximate surface area is 136 Å². The Hall–Kier alpha value is -1.78. The van der Waals surface area contributed by atoms with Gasteiger partial charge in [-0.15, -0.1) is 0 Å². The Morgan fingerprint density at radius 2 is 1.57 bits per heavy atom. The first kappa shape index (κ1) is 14.8. The molecule has 0 amide bonds. The molecule has 0 spiro atoms. The Balaban J connectivity index is 1.31. The maximum atomic E-state index is 13.3. The molecule has 120 valence electrons. The summed E-state index contributed by atoms with van der Waals surface area (Å²) in [4.78, 5) is 9.22. The summed E-state index contributed by atoms with van der Waals surface area (Å²) in [5.74, 6) is 1.37. The Kier molecular flexibility index (Phi) is 4.10. The molecule has 0 aliphatic carbocycles. The zero-order valence-electron chi connectivity index (χ0n) is 13.2. The van der Waals surface area contributed by atoms with Crippen molar-refractivity contribution in [2.24, 2.45) is 11.8 Å². The number of likely N-dealkylation sites (tertiary alicyclic amines) is 2. The molecule has 2 aromatic rings. The first-order chi connectivity index (χ1) is 11.3. The number of benzene rings is 1. The van der Waals surface area contributed by atoms with Crippen LogP contribution in [-0.2, 0) is 13.1 Å². The van der Waals surface area contributed by atoms with Crippen LogP contribution in [0.5, 0.6) is 0 Å². The minimum Gasteiger partial charge on any atom is -0.298 e. The molecule has 0 unspecified atom stereocenters. The van der Waals surface area contributed by atoms with Crippen molar-refractivity contribution in [1.82, 2.24) is 14.8 Å². The van der Waals surface area contributed by atoms with Crippen LogP contribution in [0.4, 0.5) is 4.39 Å². The molecule has 2 aliphatic heterocycles. The van der Waals surface area contributed by atoms with E-state index in [-0.39, 0.29) is 5.82 Å². The number of halogens is 1. The van der Waals surface area contributed by atoms with E-state index in [1.54, 1.807) is 12.1 Å². The molecule has 4 heteroatoms. The van der Waals surface area contributed by atoms with Crippen molar-refractivity contribution in [3.8, 4) is 0 Å². The summed E-state index contributed by atoms with van der Waals surface area (Å²) in [6.45, 7) is 6.46. The minimum absolute atomic E-state index is 0.135. The monoisotopic (exact) mass is 311 g/mol. The number of fused-ring (bicyclic) bond motifs is 1. The van der Waals surface area contributed by atoms with Gasteiger partial charge in [0.1, 0.15) is 5.82 Å². The molecule has 2 atom stereocenters. The van der Waals surface area contributed by atoms with Gasteiger partial charge in [-0.1, -0.05) is 18.2 Å². The number of hydrogen-bond donors (Lipinski definition) is 0. The number of aromatic nitrogens is 1. The van der Waals surface area contributed by atoms with Gasteiger partial charge in [-0.05, 0) is 41.2 Å². The van der Waals surface area contributed by atoms with Crippen molar-refractivity contribution < 1.29 is 4.39 Å². The molecule has 2 fully saturated rings. The van der Waals surface area contributed by atoms with Gasteiger partial charge in [0.05, 0.1) is 0 Å². The average molecular weight is 311 g/mol. The predicted molar refractivity (Wildman–Crippen MR) is 88.2 cm³/mol. The van der Waals surface area contributed by atoms with Crippen LogP contribution in [-0.4, -0.2) is 41.0 Å². The highest BCUT2D eigenvalue weighted by Crippen LogP contribution is 2.32. The summed E-state index contributed by atoms with van der Waals surface area (Å²) in [6.07, 6.45) is 3.79. The second kappa shape index (κ2) is 6.38. The maximum Gasteiger partial charge on any atom is 0.123 e. The lowest BCUT2D eigenvalue weighted by atomic mass is 10.0. The average Bonchev–Trinajstić information content (AvgIpc) is 3.06. The van der Waals surface area contributed by atoms with Crippen molar-refractivity contribution >= 4 is 0 Å². The quantitative estimate of drug-likeness (QED) is 0.865. The fourth-order valence-electron chi connectivity index (χ4n) is 4.09. The van der Waals surface area contributed by atoms with Gasteiger partial charge >= 0.3 is 0 Å². The molecule has 0 N–H and O–H groups in total. The van der Waals surface area contributed by atoms with E-state index in [1.165, 1.54) is 24.7 Å². The van der Waals surface area contributed by atoms with E-state index in [9.17, 15) is 4.39 Å². The van der Waals surface area contributed by atoms with Gasteiger partial charge in [0, 0.05) is 51.7 Å². The molecule has 2 aliphatic rings. The fraction of sp³-hybridized carbons (Fsp3) is 0.421. The molecule has 3 nitrogen and oxygen atoms in total. The van der Waals surface area contributed by atoms with Crippen molar-refractivity contribution in [3.05, 3.63) is 65.7 Å². The zero-order chi connectivity index (χ0) is 15.6. The predicted octanol–water partition coefficient (Wildman–Crippen LogP) is 2.78. The van der Waals surface area contributed by atoms with E-state index in [4.69, 9.17) is 0 Å². The molecule has 4 rings (SSSR count). The first-order valence-electron chi connectivity index (χ1n) is 8.34. The maximum absolute atomic E-state index is 13.3. The van der Waals surface area contributed by atoms with Gasteiger partial charge in [0.15, 0.2) is 0 Å². The first-order valence-corrected chi connectivity index (χ1v) is 8.34.